The number of aromatic nitrogens is 2. The first-order valence-corrected chi connectivity index (χ1v) is 6.69. The van der Waals surface area contributed by atoms with Gasteiger partial charge < -0.3 is 5.32 Å². The lowest BCUT2D eigenvalue weighted by Crippen LogP contribution is -2.16. The van der Waals surface area contributed by atoms with Crippen molar-refractivity contribution in [1.29, 1.82) is 0 Å². The molecule has 0 aliphatic heterocycles. The van der Waals surface area contributed by atoms with E-state index in [0.29, 0.717) is 6.04 Å². The number of nitrogens with one attached hydrogen (secondary N) is 1. The van der Waals surface area contributed by atoms with Gasteiger partial charge in [0, 0.05) is 12.1 Å². The minimum Gasteiger partial charge on any atom is -0.314 e. The van der Waals surface area contributed by atoms with Crippen LogP contribution in [-0.2, 0) is 0 Å². The van der Waals surface area contributed by atoms with Gasteiger partial charge in [-0.2, -0.15) is 5.10 Å². The highest BCUT2D eigenvalue weighted by atomic mass is 35.5. The molecule has 1 aromatic rings. The zero-order valence-electron chi connectivity index (χ0n) is 10.5. The lowest BCUT2D eigenvalue weighted by Gasteiger charge is -2.08. The average molecular weight is 254 g/mol. The quantitative estimate of drug-likeness (QED) is 0.789. The third-order valence-corrected chi connectivity index (χ3v) is 3.16. The van der Waals surface area contributed by atoms with E-state index in [-0.39, 0.29) is 0 Å². The Morgan fingerprint density at radius 1 is 1.59 bits per heavy atom. The molecule has 1 saturated carbocycles. The second-order valence-corrected chi connectivity index (χ2v) is 5.24. The van der Waals surface area contributed by atoms with Gasteiger partial charge in [0.1, 0.15) is 0 Å². The van der Waals surface area contributed by atoms with Gasteiger partial charge in [0.2, 0.25) is 0 Å². The van der Waals surface area contributed by atoms with Crippen molar-refractivity contribution in [3.63, 3.8) is 0 Å². The van der Waals surface area contributed by atoms with Gasteiger partial charge in [0.05, 0.1) is 16.9 Å². The van der Waals surface area contributed by atoms with E-state index in [9.17, 15) is 0 Å². The zero-order valence-corrected chi connectivity index (χ0v) is 11.2. The fourth-order valence-electron chi connectivity index (χ4n) is 1.77. The normalized spacial score (nSPS) is 16.2. The van der Waals surface area contributed by atoms with Crippen molar-refractivity contribution in [1.82, 2.24) is 15.1 Å². The number of rotatable bonds is 6. The molecule has 1 fully saturated rings. The molecule has 1 heterocycles. The third kappa shape index (κ3) is 3.58. The Morgan fingerprint density at radius 2 is 2.35 bits per heavy atom. The first-order valence-electron chi connectivity index (χ1n) is 6.31. The largest absolute Gasteiger partial charge is 0.314 e. The highest BCUT2D eigenvalue weighted by Crippen LogP contribution is 2.20. The van der Waals surface area contributed by atoms with Gasteiger partial charge in [-0.3, -0.25) is 4.68 Å². The Balaban J connectivity index is 1.87. The number of hydrogen-bond acceptors (Lipinski definition) is 2. The molecule has 17 heavy (non-hydrogen) atoms. The van der Waals surface area contributed by atoms with E-state index >= 15 is 0 Å². The third-order valence-electron chi connectivity index (χ3n) is 2.87. The molecule has 0 spiro atoms. The molecule has 0 amide bonds. The van der Waals surface area contributed by atoms with Crippen molar-refractivity contribution in [2.75, 3.05) is 6.54 Å². The number of nitrogens with zero attached hydrogens (tertiary/aromatic N) is 2. The molecular weight excluding hydrogens is 234 g/mol. The summed E-state index contributed by atoms with van der Waals surface area (Å²) >= 11 is 6.11. The molecule has 1 aliphatic rings. The summed E-state index contributed by atoms with van der Waals surface area (Å²) in [7, 11) is 0. The summed E-state index contributed by atoms with van der Waals surface area (Å²) in [4.78, 5) is 0. The predicted octanol–water partition coefficient (Wildman–Crippen LogP) is 3.27. The van der Waals surface area contributed by atoms with E-state index < -0.39 is 0 Å². The molecule has 4 heteroatoms. The van der Waals surface area contributed by atoms with Crippen LogP contribution in [0.15, 0.2) is 12.3 Å². The van der Waals surface area contributed by atoms with Crippen molar-refractivity contribution in [2.45, 2.75) is 45.2 Å². The second kappa shape index (κ2) is 5.69. The van der Waals surface area contributed by atoms with Gasteiger partial charge >= 0.3 is 0 Å². The lowest BCUT2D eigenvalue weighted by molar-refractivity contribution is 0.528. The molecular formula is C13H20ClN3. The van der Waals surface area contributed by atoms with Gasteiger partial charge in [-0.15, -0.1) is 0 Å². The predicted molar refractivity (Wildman–Crippen MR) is 72.3 cm³/mol. The van der Waals surface area contributed by atoms with Crippen molar-refractivity contribution in [2.24, 2.45) is 0 Å². The molecule has 0 radical (unpaired) electrons. The summed E-state index contributed by atoms with van der Waals surface area (Å²) in [6.45, 7) is 5.26. The standard InChI is InChI=1S/C13H20ClN3/c1-10(2)17-13(12(14)9-16-17)5-3-4-8-15-11-6-7-11/h3,5,9-11,15H,4,6-8H2,1-2H3/b5-3+. The van der Waals surface area contributed by atoms with Crippen LogP contribution in [-0.4, -0.2) is 22.4 Å². The van der Waals surface area contributed by atoms with Gasteiger partial charge in [-0.25, -0.2) is 0 Å². The highest BCUT2D eigenvalue weighted by Gasteiger charge is 2.19. The van der Waals surface area contributed by atoms with E-state index in [1.807, 2.05) is 4.68 Å². The average Bonchev–Trinajstić information content (AvgIpc) is 3.03. The van der Waals surface area contributed by atoms with Crippen molar-refractivity contribution in [3.8, 4) is 0 Å². The van der Waals surface area contributed by atoms with E-state index in [1.165, 1.54) is 12.8 Å². The summed E-state index contributed by atoms with van der Waals surface area (Å²) in [6.07, 6.45) is 9.67. The number of halogens is 1. The lowest BCUT2D eigenvalue weighted by atomic mass is 10.3. The summed E-state index contributed by atoms with van der Waals surface area (Å²) < 4.78 is 1.95. The van der Waals surface area contributed by atoms with E-state index in [0.717, 1.165) is 29.7 Å². The van der Waals surface area contributed by atoms with Gasteiger partial charge in [0.25, 0.3) is 0 Å². The first-order chi connectivity index (χ1) is 8.18. The molecule has 0 atom stereocenters. The fraction of sp³-hybridized carbons (Fsp3) is 0.615. The van der Waals surface area contributed by atoms with Gasteiger partial charge in [-0.05, 0) is 45.7 Å². The molecule has 1 aromatic heterocycles. The molecule has 94 valence electrons. The zero-order chi connectivity index (χ0) is 12.3. The van der Waals surface area contributed by atoms with E-state index in [4.69, 9.17) is 11.6 Å². The Labute approximate surface area is 108 Å². The van der Waals surface area contributed by atoms with E-state index in [2.05, 4.69) is 36.4 Å². The maximum atomic E-state index is 6.11. The highest BCUT2D eigenvalue weighted by molar-refractivity contribution is 6.31. The second-order valence-electron chi connectivity index (χ2n) is 4.84. The van der Waals surface area contributed by atoms with Crippen LogP contribution in [0.2, 0.25) is 5.02 Å². The minimum absolute atomic E-state index is 0.340. The van der Waals surface area contributed by atoms with E-state index in [1.54, 1.807) is 6.20 Å². The smallest absolute Gasteiger partial charge is 0.0859 e. The Bertz CT molecular complexity index is 391. The summed E-state index contributed by atoms with van der Waals surface area (Å²) in [6, 6.07) is 1.12. The molecule has 1 N–H and O–H groups in total. The minimum atomic E-state index is 0.340. The van der Waals surface area contributed by atoms with Crippen molar-refractivity contribution in [3.05, 3.63) is 23.0 Å². The maximum absolute atomic E-state index is 6.11. The SMILES string of the molecule is CC(C)n1ncc(Cl)c1/C=C/CCNC1CC1. The van der Waals surface area contributed by atoms with Crippen LogP contribution in [0.25, 0.3) is 6.08 Å². The molecule has 0 unspecified atom stereocenters. The van der Waals surface area contributed by atoms with Gasteiger partial charge in [0.15, 0.2) is 0 Å². The molecule has 0 bridgehead atoms. The summed E-state index contributed by atoms with van der Waals surface area (Å²) in [5.74, 6) is 0. The van der Waals surface area contributed by atoms with Crippen LogP contribution in [0.4, 0.5) is 0 Å². The van der Waals surface area contributed by atoms with Crippen LogP contribution in [0.1, 0.15) is 44.8 Å². The Kier molecular flexibility index (Phi) is 4.24. The van der Waals surface area contributed by atoms with Crippen LogP contribution >= 0.6 is 11.6 Å². The molecule has 2 rings (SSSR count). The topological polar surface area (TPSA) is 29.9 Å². The monoisotopic (exact) mass is 253 g/mol. The number of hydrogen-bond donors (Lipinski definition) is 1. The summed E-state index contributed by atoms with van der Waals surface area (Å²) in [5, 5.41) is 8.48. The molecule has 3 nitrogen and oxygen atoms in total. The van der Waals surface area contributed by atoms with Gasteiger partial charge in [-0.1, -0.05) is 17.7 Å². The van der Waals surface area contributed by atoms with Crippen LogP contribution in [0, 0.1) is 0 Å². The fourth-order valence-corrected chi connectivity index (χ4v) is 1.96. The van der Waals surface area contributed by atoms with Crippen LogP contribution < -0.4 is 5.32 Å². The van der Waals surface area contributed by atoms with Crippen molar-refractivity contribution < 1.29 is 0 Å². The van der Waals surface area contributed by atoms with Crippen LogP contribution in [0.3, 0.4) is 0 Å². The first kappa shape index (κ1) is 12.7. The Morgan fingerprint density at radius 3 is 3.00 bits per heavy atom. The molecule has 0 saturated heterocycles. The summed E-state index contributed by atoms with van der Waals surface area (Å²) in [5.41, 5.74) is 1.01. The maximum Gasteiger partial charge on any atom is 0.0859 e. The van der Waals surface area contributed by atoms with Crippen LogP contribution in [0.5, 0.6) is 0 Å². The van der Waals surface area contributed by atoms with Crippen molar-refractivity contribution >= 4 is 17.7 Å². The Hall–Kier alpha value is -0.800. The molecule has 1 aliphatic carbocycles. The molecule has 0 aromatic carbocycles.